The van der Waals surface area contributed by atoms with Crippen LogP contribution in [-0.4, -0.2) is 48.9 Å². The normalized spacial score (nSPS) is 22.8. The molecule has 1 saturated heterocycles. The Hall–Kier alpha value is -1.92. The van der Waals surface area contributed by atoms with E-state index in [0.29, 0.717) is 10.6 Å². The van der Waals surface area contributed by atoms with E-state index in [1.807, 2.05) is 12.1 Å². The van der Waals surface area contributed by atoms with Crippen molar-refractivity contribution in [2.45, 2.75) is 25.7 Å². The van der Waals surface area contributed by atoms with E-state index in [1.165, 1.54) is 7.11 Å². The van der Waals surface area contributed by atoms with E-state index >= 15 is 0 Å². The van der Waals surface area contributed by atoms with Crippen LogP contribution in [-0.2, 0) is 22.4 Å². The predicted octanol–water partition coefficient (Wildman–Crippen LogP) is 1.16. The molecule has 0 unspecified atom stereocenters. The average molecular weight is 318 g/mol. The van der Waals surface area contributed by atoms with Crippen molar-refractivity contribution in [3.8, 4) is 0 Å². The quantitative estimate of drug-likeness (QED) is 0.645. The van der Waals surface area contributed by atoms with Gasteiger partial charge in [0.15, 0.2) is 0 Å². The molecule has 0 radical (unpaired) electrons. The molecule has 2 aliphatic rings. The Morgan fingerprint density at radius 2 is 2.22 bits per heavy atom. The lowest BCUT2D eigenvalue weighted by Crippen LogP contribution is -2.36. The van der Waals surface area contributed by atoms with Gasteiger partial charge in [-0.3, -0.25) is 14.8 Å². The number of hydrogen-bond donors (Lipinski definition) is 2. The molecule has 1 aromatic carbocycles. The fourth-order valence-electron chi connectivity index (χ4n) is 3.54. The Morgan fingerprint density at radius 1 is 1.39 bits per heavy atom. The monoisotopic (exact) mass is 318 g/mol. The SMILES string of the molecule is COCCN(O)C(=O)c1ccc2c(c1)CC[C@@]1(CCNC1=O)C2. The van der Waals surface area contributed by atoms with Crippen LogP contribution in [0.3, 0.4) is 0 Å². The summed E-state index contributed by atoms with van der Waals surface area (Å²) in [6.45, 7) is 1.17. The lowest BCUT2D eigenvalue weighted by molar-refractivity contribution is -0.128. The summed E-state index contributed by atoms with van der Waals surface area (Å²) in [5.41, 5.74) is 2.43. The number of ether oxygens (including phenoxy) is 1. The van der Waals surface area contributed by atoms with Gasteiger partial charge in [-0.1, -0.05) is 6.07 Å². The molecule has 0 saturated carbocycles. The molecule has 2 N–H and O–H groups in total. The molecular weight excluding hydrogens is 296 g/mol. The molecule has 1 atom stereocenters. The van der Waals surface area contributed by atoms with E-state index in [2.05, 4.69) is 5.32 Å². The molecule has 23 heavy (non-hydrogen) atoms. The smallest absolute Gasteiger partial charge is 0.277 e. The van der Waals surface area contributed by atoms with Gasteiger partial charge in [0.25, 0.3) is 5.91 Å². The standard InChI is InChI=1S/C17H22N2O4/c1-23-9-8-19(22)15(20)13-2-3-14-11-17(5-4-12(14)10-13)6-7-18-16(17)21/h2-3,10,22H,4-9,11H2,1H3,(H,18,21)/t17-/m1/s1. The van der Waals surface area contributed by atoms with Crippen LogP contribution in [0, 0.1) is 5.41 Å². The highest BCUT2D eigenvalue weighted by Crippen LogP contribution is 2.41. The number of nitrogens with zero attached hydrogens (tertiary/aromatic N) is 1. The summed E-state index contributed by atoms with van der Waals surface area (Å²) in [6.07, 6.45) is 3.21. The Morgan fingerprint density at radius 3 is 2.91 bits per heavy atom. The van der Waals surface area contributed by atoms with Crippen molar-refractivity contribution in [1.82, 2.24) is 10.4 Å². The maximum Gasteiger partial charge on any atom is 0.277 e. The Bertz CT molecular complexity index is 631. The van der Waals surface area contributed by atoms with Crippen LogP contribution in [0.15, 0.2) is 18.2 Å². The zero-order valence-corrected chi connectivity index (χ0v) is 13.3. The van der Waals surface area contributed by atoms with Gasteiger partial charge in [-0.15, -0.1) is 0 Å². The van der Waals surface area contributed by atoms with Crippen molar-refractivity contribution < 1.29 is 19.5 Å². The van der Waals surface area contributed by atoms with Crippen molar-refractivity contribution in [2.75, 3.05) is 26.8 Å². The highest BCUT2D eigenvalue weighted by molar-refractivity contribution is 5.94. The largest absolute Gasteiger partial charge is 0.383 e. The van der Waals surface area contributed by atoms with Crippen LogP contribution in [0.2, 0.25) is 0 Å². The summed E-state index contributed by atoms with van der Waals surface area (Å²) in [4.78, 5) is 24.3. The number of nitrogens with one attached hydrogen (secondary N) is 1. The first kappa shape index (κ1) is 16.0. The van der Waals surface area contributed by atoms with Crippen LogP contribution in [0.5, 0.6) is 0 Å². The molecule has 1 aromatic rings. The minimum Gasteiger partial charge on any atom is -0.383 e. The first-order chi connectivity index (χ1) is 11.1. The van der Waals surface area contributed by atoms with Crippen molar-refractivity contribution in [2.24, 2.45) is 5.41 Å². The van der Waals surface area contributed by atoms with Gasteiger partial charge in [0, 0.05) is 19.2 Å². The number of hydrogen-bond acceptors (Lipinski definition) is 4. The van der Waals surface area contributed by atoms with Gasteiger partial charge in [-0.05, 0) is 48.9 Å². The van der Waals surface area contributed by atoms with Crippen LogP contribution < -0.4 is 5.32 Å². The van der Waals surface area contributed by atoms with Crippen molar-refractivity contribution in [1.29, 1.82) is 0 Å². The van der Waals surface area contributed by atoms with E-state index in [0.717, 1.165) is 43.4 Å². The Balaban J connectivity index is 1.77. The lowest BCUT2D eigenvalue weighted by atomic mass is 9.70. The minimum atomic E-state index is -0.427. The Labute approximate surface area is 135 Å². The number of rotatable bonds is 4. The first-order valence-corrected chi connectivity index (χ1v) is 7.95. The molecular formula is C17H22N2O4. The summed E-state index contributed by atoms with van der Waals surface area (Å²) in [7, 11) is 1.52. The highest BCUT2D eigenvalue weighted by atomic mass is 16.5. The number of methoxy groups -OCH3 is 1. The second kappa shape index (κ2) is 6.29. The molecule has 1 heterocycles. The zero-order valence-electron chi connectivity index (χ0n) is 13.3. The number of carbonyl (C=O) groups excluding carboxylic acids is 2. The van der Waals surface area contributed by atoms with Gasteiger partial charge in [-0.2, -0.15) is 0 Å². The highest BCUT2D eigenvalue weighted by Gasteiger charge is 2.44. The lowest BCUT2D eigenvalue weighted by Gasteiger charge is -2.32. The van der Waals surface area contributed by atoms with Gasteiger partial charge in [-0.25, -0.2) is 5.06 Å². The van der Waals surface area contributed by atoms with E-state index < -0.39 is 5.91 Å². The number of hydroxylamine groups is 2. The van der Waals surface area contributed by atoms with Crippen LogP contribution >= 0.6 is 0 Å². The van der Waals surface area contributed by atoms with Crippen molar-refractivity contribution in [3.05, 3.63) is 34.9 Å². The van der Waals surface area contributed by atoms with Crippen LogP contribution in [0.1, 0.15) is 34.3 Å². The number of carbonyl (C=O) groups is 2. The van der Waals surface area contributed by atoms with E-state index in [1.54, 1.807) is 6.07 Å². The van der Waals surface area contributed by atoms with Gasteiger partial charge in [0.2, 0.25) is 5.91 Å². The predicted molar refractivity (Wildman–Crippen MR) is 83.2 cm³/mol. The summed E-state index contributed by atoms with van der Waals surface area (Å²) >= 11 is 0. The molecule has 2 amide bonds. The van der Waals surface area contributed by atoms with Gasteiger partial charge in [0.05, 0.1) is 18.6 Å². The number of fused-ring (bicyclic) bond motifs is 1. The molecule has 0 aromatic heterocycles. The topological polar surface area (TPSA) is 78.9 Å². The van der Waals surface area contributed by atoms with E-state index in [4.69, 9.17) is 4.74 Å². The maximum atomic E-state index is 12.2. The van der Waals surface area contributed by atoms with Gasteiger partial charge < -0.3 is 10.1 Å². The third kappa shape index (κ3) is 2.96. The Kier molecular flexibility index (Phi) is 4.37. The second-order valence-electron chi connectivity index (χ2n) is 6.37. The zero-order chi connectivity index (χ0) is 16.4. The van der Waals surface area contributed by atoms with E-state index in [-0.39, 0.29) is 24.5 Å². The molecule has 1 fully saturated rings. The van der Waals surface area contributed by atoms with Crippen LogP contribution in [0.4, 0.5) is 0 Å². The summed E-state index contributed by atoms with van der Waals surface area (Å²) in [6, 6.07) is 5.48. The van der Waals surface area contributed by atoms with Gasteiger partial charge >= 0.3 is 0 Å². The average Bonchev–Trinajstić information content (AvgIpc) is 2.91. The van der Waals surface area contributed by atoms with Crippen molar-refractivity contribution >= 4 is 11.8 Å². The fraction of sp³-hybridized carbons (Fsp3) is 0.529. The molecule has 3 rings (SSSR count). The number of benzene rings is 1. The third-order valence-electron chi connectivity index (χ3n) is 4.97. The summed E-state index contributed by atoms with van der Waals surface area (Å²) < 4.78 is 4.86. The molecule has 124 valence electrons. The summed E-state index contributed by atoms with van der Waals surface area (Å²) in [5, 5.41) is 13.4. The van der Waals surface area contributed by atoms with E-state index in [9.17, 15) is 14.8 Å². The molecule has 0 bridgehead atoms. The maximum absolute atomic E-state index is 12.2. The van der Waals surface area contributed by atoms with Gasteiger partial charge in [0.1, 0.15) is 0 Å². The summed E-state index contributed by atoms with van der Waals surface area (Å²) in [5.74, 6) is -0.270. The number of amides is 2. The molecule has 6 nitrogen and oxygen atoms in total. The molecule has 6 heteroatoms. The second-order valence-corrected chi connectivity index (χ2v) is 6.37. The van der Waals surface area contributed by atoms with Crippen LogP contribution in [0.25, 0.3) is 0 Å². The van der Waals surface area contributed by atoms with Crippen molar-refractivity contribution in [3.63, 3.8) is 0 Å². The fourth-order valence-corrected chi connectivity index (χ4v) is 3.54. The minimum absolute atomic E-state index is 0.135. The molecule has 1 spiro atoms. The molecule has 1 aliphatic carbocycles. The third-order valence-corrected chi connectivity index (χ3v) is 4.97. The molecule has 1 aliphatic heterocycles. The first-order valence-electron chi connectivity index (χ1n) is 7.95. The number of aryl methyl sites for hydroxylation is 1.